The molecule has 39 heavy (non-hydrogen) atoms. The van der Waals surface area contributed by atoms with Crippen LogP contribution in [0.4, 0.5) is 10.5 Å². The van der Waals surface area contributed by atoms with Gasteiger partial charge in [-0.05, 0) is 74.1 Å². The number of carbonyl (C=O) groups excluding carboxylic acids is 2. The first-order valence-electron chi connectivity index (χ1n) is 14.1. The molecular weight excluding hydrogens is 494 g/mol. The van der Waals surface area contributed by atoms with Gasteiger partial charge in [0.05, 0.1) is 12.0 Å². The molecule has 1 spiro atoms. The highest BCUT2D eigenvalue weighted by molar-refractivity contribution is 5.95. The van der Waals surface area contributed by atoms with Crippen LogP contribution in [0, 0.1) is 35.5 Å². The fourth-order valence-electron chi connectivity index (χ4n) is 7.58. The quantitative estimate of drug-likeness (QED) is 0.495. The first-order chi connectivity index (χ1) is 18.1. The zero-order valence-corrected chi connectivity index (χ0v) is 24.7. The van der Waals surface area contributed by atoms with Crippen molar-refractivity contribution in [3.05, 3.63) is 53.1 Å². The van der Waals surface area contributed by atoms with Gasteiger partial charge in [0.2, 0.25) is 0 Å². The summed E-state index contributed by atoms with van der Waals surface area (Å²) in [5, 5.41) is 13.1. The van der Waals surface area contributed by atoms with Gasteiger partial charge in [0.15, 0.2) is 23.3 Å². The Kier molecular flexibility index (Phi) is 6.49. The highest BCUT2D eigenvalue weighted by Crippen LogP contribution is 2.63. The second-order valence-electron chi connectivity index (χ2n) is 13.3. The van der Waals surface area contributed by atoms with Gasteiger partial charge in [-0.1, -0.05) is 58.0 Å². The van der Waals surface area contributed by atoms with E-state index < -0.39 is 41.0 Å². The Hall–Kier alpha value is -2.48. The second-order valence-corrected chi connectivity index (χ2v) is 13.3. The smallest absolute Gasteiger partial charge is 0.414 e. The van der Waals surface area contributed by atoms with Crippen molar-refractivity contribution in [1.82, 2.24) is 0 Å². The van der Waals surface area contributed by atoms with Crippen molar-refractivity contribution in [2.45, 2.75) is 85.4 Å². The number of hydrogen-bond acceptors (Lipinski definition) is 6. The fourth-order valence-corrected chi connectivity index (χ4v) is 7.58. The molecule has 1 aromatic carbocycles. The highest BCUT2D eigenvalue weighted by atomic mass is 16.7. The lowest BCUT2D eigenvalue weighted by Gasteiger charge is -2.52. The standard InChI is InChI=1S/C32H43NO6/c1-18-12-10-11-13-24(18)33(9)28(35)38-26-19(2)16-31-21(4)14-20(3)29(5,6)23(25(31)34)15-22-17-37-30(7,8)39-27(22)32(26,31)36/h10-13,15-16,20-21,23,26-27,36H,14,17H2,1-9H3/t20-,21?,23+,26-,27+,31?,32+/m0/s1. The van der Waals surface area contributed by atoms with Crippen molar-refractivity contribution in [3.8, 4) is 0 Å². The number of ketones is 1. The average Bonchev–Trinajstić information content (AvgIpc) is 3.02. The maximum Gasteiger partial charge on any atom is 0.414 e. The largest absolute Gasteiger partial charge is 0.438 e. The van der Waals surface area contributed by atoms with E-state index in [0.29, 0.717) is 11.3 Å². The van der Waals surface area contributed by atoms with Crippen molar-refractivity contribution >= 4 is 17.6 Å². The predicted molar refractivity (Wildman–Crippen MR) is 149 cm³/mol. The van der Waals surface area contributed by atoms with E-state index in [-0.39, 0.29) is 29.6 Å². The number of aliphatic hydroxyl groups is 1. The molecule has 7 heteroatoms. The molecular formula is C32H43NO6. The molecule has 1 amide bonds. The van der Waals surface area contributed by atoms with E-state index in [4.69, 9.17) is 14.2 Å². The number of carbonyl (C=O) groups is 2. The first-order valence-corrected chi connectivity index (χ1v) is 14.1. The van der Waals surface area contributed by atoms with Crippen LogP contribution in [0.5, 0.6) is 0 Å². The number of allylic oxidation sites excluding steroid dienone is 1. The molecule has 1 saturated carbocycles. The Balaban J connectivity index is 1.67. The van der Waals surface area contributed by atoms with Crippen LogP contribution in [0.2, 0.25) is 0 Å². The third-order valence-electron chi connectivity index (χ3n) is 10.3. The normalized spacial score (nSPS) is 38.4. The van der Waals surface area contributed by atoms with Gasteiger partial charge in [-0.15, -0.1) is 0 Å². The van der Waals surface area contributed by atoms with Crippen molar-refractivity contribution in [1.29, 1.82) is 0 Å². The van der Waals surface area contributed by atoms with Crippen LogP contribution >= 0.6 is 0 Å². The third kappa shape index (κ3) is 3.87. The number of anilines is 1. The second kappa shape index (κ2) is 9.02. The number of aryl methyl sites for hydroxylation is 1. The topological polar surface area (TPSA) is 85.3 Å². The minimum Gasteiger partial charge on any atom is -0.438 e. The van der Waals surface area contributed by atoms with E-state index in [0.717, 1.165) is 17.6 Å². The van der Waals surface area contributed by atoms with Crippen LogP contribution < -0.4 is 4.90 Å². The molecule has 1 saturated heterocycles. The fraction of sp³-hybridized carbons (Fsp3) is 0.625. The summed E-state index contributed by atoms with van der Waals surface area (Å²) in [5.41, 5.74) is -0.488. The molecule has 1 aliphatic heterocycles. The summed E-state index contributed by atoms with van der Waals surface area (Å²) in [6, 6.07) is 7.56. The van der Waals surface area contributed by atoms with Gasteiger partial charge in [0, 0.05) is 18.7 Å². The molecule has 0 aromatic heterocycles. The Morgan fingerprint density at radius 2 is 1.77 bits per heavy atom. The molecule has 1 aromatic rings. The van der Waals surface area contributed by atoms with Gasteiger partial charge < -0.3 is 19.3 Å². The number of Topliss-reactive ketones (excluding diaryl/α,β-unsaturated/α-hetero) is 1. The number of hydrogen-bond donors (Lipinski definition) is 1. The molecule has 7 atom stereocenters. The van der Waals surface area contributed by atoms with Crippen LogP contribution in [0.25, 0.3) is 0 Å². The molecule has 2 fully saturated rings. The Bertz CT molecular complexity index is 1260. The summed E-state index contributed by atoms with van der Waals surface area (Å²) in [5.74, 6) is -1.50. The van der Waals surface area contributed by atoms with Crippen LogP contribution in [0.15, 0.2) is 47.6 Å². The zero-order valence-electron chi connectivity index (χ0n) is 24.7. The molecule has 5 rings (SSSR count). The van der Waals surface area contributed by atoms with Crippen LogP contribution in [0.3, 0.4) is 0 Å². The summed E-state index contributed by atoms with van der Waals surface area (Å²) in [7, 11) is 1.66. The Morgan fingerprint density at radius 1 is 1.10 bits per heavy atom. The van der Waals surface area contributed by atoms with Crippen molar-refractivity contribution in [3.63, 3.8) is 0 Å². The molecule has 1 heterocycles. The van der Waals surface area contributed by atoms with Crippen LogP contribution in [-0.2, 0) is 19.0 Å². The molecule has 0 radical (unpaired) electrons. The molecule has 4 aliphatic rings. The summed E-state index contributed by atoms with van der Waals surface area (Å²) in [6.07, 6.45) is 2.04. The lowest BCUT2D eigenvalue weighted by Crippen LogP contribution is -2.68. The van der Waals surface area contributed by atoms with Gasteiger partial charge in [-0.25, -0.2) is 4.79 Å². The maximum absolute atomic E-state index is 14.8. The van der Waals surface area contributed by atoms with Crippen LogP contribution in [-0.4, -0.2) is 54.2 Å². The van der Waals surface area contributed by atoms with Crippen molar-refractivity contribution in [2.75, 3.05) is 18.6 Å². The molecule has 2 unspecified atom stereocenters. The number of ether oxygens (including phenoxy) is 3. The molecule has 1 N–H and O–H groups in total. The minimum absolute atomic E-state index is 0.0414. The monoisotopic (exact) mass is 537 g/mol. The summed E-state index contributed by atoms with van der Waals surface area (Å²) < 4.78 is 18.7. The van der Waals surface area contributed by atoms with Crippen molar-refractivity contribution < 1.29 is 28.9 Å². The van der Waals surface area contributed by atoms with E-state index in [1.807, 2.05) is 71.0 Å². The lowest BCUT2D eigenvalue weighted by molar-refractivity contribution is -0.302. The average molecular weight is 538 g/mol. The zero-order chi connectivity index (χ0) is 28.7. The van der Waals surface area contributed by atoms with E-state index in [1.165, 1.54) is 4.90 Å². The number of para-hydroxylation sites is 1. The molecule has 2 bridgehead atoms. The predicted octanol–water partition coefficient (Wildman–Crippen LogP) is 5.59. The number of benzene rings is 1. The highest BCUT2D eigenvalue weighted by Gasteiger charge is 2.74. The van der Waals surface area contributed by atoms with E-state index in [2.05, 4.69) is 20.8 Å². The summed E-state index contributed by atoms with van der Waals surface area (Å²) in [6.45, 7) is 16.1. The van der Waals surface area contributed by atoms with Gasteiger partial charge in [-0.2, -0.15) is 0 Å². The third-order valence-corrected chi connectivity index (χ3v) is 10.3. The Morgan fingerprint density at radius 3 is 2.44 bits per heavy atom. The van der Waals surface area contributed by atoms with Gasteiger partial charge in [-0.3, -0.25) is 9.69 Å². The van der Waals surface area contributed by atoms with Gasteiger partial charge >= 0.3 is 6.09 Å². The first kappa shape index (κ1) is 28.1. The van der Waals surface area contributed by atoms with E-state index in [1.54, 1.807) is 7.05 Å². The number of fused-ring (bicyclic) bond motifs is 3. The number of rotatable bonds is 2. The van der Waals surface area contributed by atoms with Gasteiger partial charge in [0.1, 0.15) is 6.10 Å². The maximum atomic E-state index is 14.8. The van der Waals surface area contributed by atoms with Crippen LogP contribution in [0.1, 0.15) is 60.5 Å². The molecule has 212 valence electrons. The number of nitrogens with zero attached hydrogens (tertiary/aromatic N) is 1. The number of amides is 1. The summed E-state index contributed by atoms with van der Waals surface area (Å²) >= 11 is 0. The van der Waals surface area contributed by atoms with Gasteiger partial charge in [0.25, 0.3) is 0 Å². The Labute approximate surface area is 232 Å². The van der Waals surface area contributed by atoms with E-state index in [9.17, 15) is 14.7 Å². The van der Waals surface area contributed by atoms with E-state index >= 15 is 0 Å². The molecule has 3 aliphatic carbocycles. The lowest BCUT2D eigenvalue weighted by atomic mass is 9.59. The van der Waals surface area contributed by atoms with Crippen molar-refractivity contribution in [2.24, 2.45) is 28.6 Å². The molecule has 7 nitrogen and oxygen atoms in total. The summed E-state index contributed by atoms with van der Waals surface area (Å²) in [4.78, 5) is 29.9. The minimum atomic E-state index is -1.85. The SMILES string of the molecule is CC1=CC23C(=O)[C@@H](C=C4COC(C)(C)O[C@H]4[C@]2(O)[C@H]1OC(=O)N(C)c1ccccc1C)C(C)(C)[C@@H](C)CC3C.